The number of fused-ring (bicyclic) bond motifs is 1. The van der Waals surface area contributed by atoms with E-state index in [-0.39, 0.29) is 21.0 Å². The number of ether oxygens (including phenoxy) is 2. The number of benzene rings is 1. The summed E-state index contributed by atoms with van der Waals surface area (Å²) in [6.07, 6.45) is 2.47. The van der Waals surface area contributed by atoms with Gasteiger partial charge in [0.1, 0.15) is 0 Å². The van der Waals surface area contributed by atoms with Crippen molar-refractivity contribution < 1.29 is 22.7 Å². The van der Waals surface area contributed by atoms with E-state index in [1.54, 1.807) is 18.2 Å². The topological polar surface area (TPSA) is 121 Å². The minimum absolute atomic E-state index is 0.0138. The molecule has 1 aromatic carbocycles. The van der Waals surface area contributed by atoms with E-state index in [1.165, 1.54) is 20.3 Å². The van der Waals surface area contributed by atoms with Crippen molar-refractivity contribution in [1.82, 2.24) is 5.01 Å². The van der Waals surface area contributed by atoms with Crippen LogP contribution >= 0.6 is 11.8 Å². The summed E-state index contributed by atoms with van der Waals surface area (Å²) in [5, 5.41) is 13.2. The lowest BCUT2D eigenvalue weighted by molar-refractivity contribution is -0.114. The molecule has 0 bridgehead atoms. The first-order valence-electron chi connectivity index (χ1n) is 7.17. The van der Waals surface area contributed by atoms with Gasteiger partial charge < -0.3 is 9.47 Å². The molecule has 0 spiro atoms. The molecule has 0 radical (unpaired) electrons. The molecule has 0 saturated carbocycles. The number of carbonyl (C=O) groups is 1. The maximum atomic E-state index is 12.3. The Labute approximate surface area is 153 Å². The van der Waals surface area contributed by atoms with Gasteiger partial charge in [0.25, 0.3) is 5.91 Å². The van der Waals surface area contributed by atoms with Crippen molar-refractivity contribution in [3.8, 4) is 11.5 Å². The Hall–Kier alpha value is -2.66. The van der Waals surface area contributed by atoms with Crippen LogP contribution in [-0.4, -0.2) is 55.2 Å². The second-order valence-corrected chi connectivity index (χ2v) is 8.42. The number of sulfone groups is 1. The lowest BCUT2D eigenvalue weighted by atomic mass is 10.1. The van der Waals surface area contributed by atoms with Crippen LogP contribution in [0.15, 0.2) is 33.9 Å². The average Bonchev–Trinajstić information content (AvgIpc) is 3.02. The number of thioether (sulfide) groups is 1. The van der Waals surface area contributed by atoms with Crippen LogP contribution in [0.5, 0.6) is 11.5 Å². The molecule has 2 aliphatic heterocycles. The van der Waals surface area contributed by atoms with Crippen molar-refractivity contribution in [2.75, 3.05) is 20.5 Å². The van der Waals surface area contributed by atoms with Crippen LogP contribution in [0.25, 0.3) is 6.08 Å². The van der Waals surface area contributed by atoms with Crippen molar-refractivity contribution in [3.63, 3.8) is 0 Å². The number of methoxy groups -OCH3 is 2. The molecule has 1 amide bonds. The monoisotopic (exact) mass is 394 g/mol. The number of nitrogens with zero attached hydrogens (tertiary/aromatic N) is 3. The Kier molecular flexibility index (Phi) is 4.59. The Balaban J connectivity index is 2.00. The molecule has 1 aromatic rings. The van der Waals surface area contributed by atoms with Gasteiger partial charge in [0.2, 0.25) is 19.4 Å². The lowest BCUT2D eigenvalue weighted by Gasteiger charge is -2.20. The van der Waals surface area contributed by atoms with E-state index in [0.717, 1.165) is 23.0 Å². The minimum atomic E-state index is -3.56. The Morgan fingerprint density at radius 3 is 2.54 bits per heavy atom. The van der Waals surface area contributed by atoms with Gasteiger partial charge in [-0.25, -0.2) is 8.42 Å². The number of amides is 1. The molecule has 0 saturated heterocycles. The Morgan fingerprint density at radius 1 is 1.23 bits per heavy atom. The summed E-state index contributed by atoms with van der Waals surface area (Å²) in [4.78, 5) is 16.1. The summed E-state index contributed by atoms with van der Waals surface area (Å²) in [6, 6.07) is 5.01. The molecule has 0 unspecified atom stereocenters. The van der Waals surface area contributed by atoms with Gasteiger partial charge in [-0.05, 0) is 35.5 Å². The third-order valence-corrected chi connectivity index (χ3v) is 6.05. The van der Waals surface area contributed by atoms with E-state index in [9.17, 15) is 13.2 Å². The maximum absolute atomic E-state index is 12.3. The van der Waals surface area contributed by atoms with Crippen molar-refractivity contribution in [2.24, 2.45) is 10.1 Å². The molecule has 136 valence electrons. The normalized spacial score (nSPS) is 18.6. The first-order chi connectivity index (χ1) is 12.2. The number of amidine groups is 2. The number of rotatable bonds is 3. The molecule has 1 N–H and O–H groups in total. The molecule has 0 aliphatic carbocycles. The number of aliphatic imine (C=N–C) groups is 1. The third-order valence-electron chi connectivity index (χ3n) is 3.47. The van der Waals surface area contributed by atoms with Crippen LogP contribution in [0.3, 0.4) is 0 Å². The van der Waals surface area contributed by atoms with Crippen LogP contribution in [0.4, 0.5) is 0 Å². The van der Waals surface area contributed by atoms with Gasteiger partial charge in [-0.3, -0.25) is 10.2 Å². The van der Waals surface area contributed by atoms with Crippen molar-refractivity contribution >= 4 is 49.0 Å². The van der Waals surface area contributed by atoms with Gasteiger partial charge in [0.15, 0.2) is 17.3 Å². The van der Waals surface area contributed by atoms with Gasteiger partial charge in [-0.2, -0.15) is 10.0 Å². The molecular weight excluding hydrogens is 380 g/mol. The summed E-state index contributed by atoms with van der Waals surface area (Å²) in [7, 11) is -0.565. The number of hydrogen-bond acceptors (Lipinski definition) is 8. The van der Waals surface area contributed by atoms with Crippen molar-refractivity contribution in [1.29, 1.82) is 5.41 Å². The number of hydrogen-bond donors (Lipinski definition) is 1. The fraction of sp³-hybridized carbons (Fsp3) is 0.200. The molecular formula is C15H14N4O5S2. The van der Waals surface area contributed by atoms with Crippen molar-refractivity contribution in [3.05, 3.63) is 29.3 Å². The third kappa shape index (κ3) is 3.22. The standard InChI is InChI=1S/C15H14N4O5S2/c1-23-10-5-4-8(7-11(10)24-2)6-9-12(16)19-14(17-13(9)20)25-15(18-19)26(3,21)22/h4-7,16H,1-3H3/b9-6+,16-12?. The smallest absolute Gasteiger partial charge is 0.283 e. The van der Waals surface area contributed by atoms with E-state index in [4.69, 9.17) is 14.9 Å². The maximum Gasteiger partial charge on any atom is 0.283 e. The molecule has 2 heterocycles. The fourth-order valence-electron chi connectivity index (χ4n) is 2.23. The highest BCUT2D eigenvalue weighted by Gasteiger charge is 2.38. The molecule has 2 aliphatic rings. The zero-order valence-corrected chi connectivity index (χ0v) is 15.6. The predicted octanol–water partition coefficient (Wildman–Crippen LogP) is 1.33. The quantitative estimate of drug-likeness (QED) is 0.767. The number of nitrogens with one attached hydrogen (secondary N) is 1. The second kappa shape index (κ2) is 6.57. The van der Waals surface area contributed by atoms with Crippen LogP contribution in [0, 0.1) is 5.41 Å². The van der Waals surface area contributed by atoms with Gasteiger partial charge in [-0.1, -0.05) is 6.07 Å². The number of hydrazone groups is 1. The summed E-state index contributed by atoms with van der Waals surface area (Å²) in [6.45, 7) is 0. The van der Waals surface area contributed by atoms with Gasteiger partial charge in [0.05, 0.1) is 19.8 Å². The zero-order valence-electron chi connectivity index (χ0n) is 14.0. The summed E-state index contributed by atoms with van der Waals surface area (Å²) < 4.78 is 33.5. The molecule has 3 rings (SSSR count). The predicted molar refractivity (Wildman–Crippen MR) is 99.4 cm³/mol. The minimum Gasteiger partial charge on any atom is -0.493 e. The van der Waals surface area contributed by atoms with Crippen LogP contribution in [0.2, 0.25) is 0 Å². The summed E-state index contributed by atoms with van der Waals surface area (Å²) >= 11 is 0.741. The molecule has 0 fully saturated rings. The molecule has 0 atom stereocenters. The summed E-state index contributed by atoms with van der Waals surface area (Å²) in [5.74, 6) is 0.0997. The largest absolute Gasteiger partial charge is 0.493 e. The van der Waals surface area contributed by atoms with Crippen LogP contribution in [-0.2, 0) is 14.6 Å². The van der Waals surface area contributed by atoms with Gasteiger partial charge >= 0.3 is 0 Å². The van der Waals surface area contributed by atoms with Crippen LogP contribution < -0.4 is 9.47 Å². The highest BCUT2D eigenvalue weighted by atomic mass is 32.3. The first kappa shape index (κ1) is 18.1. The van der Waals surface area contributed by atoms with E-state index in [1.807, 2.05) is 0 Å². The second-order valence-electron chi connectivity index (χ2n) is 5.27. The van der Waals surface area contributed by atoms with Gasteiger partial charge in [-0.15, -0.1) is 5.10 Å². The van der Waals surface area contributed by atoms with Crippen LogP contribution in [0.1, 0.15) is 5.56 Å². The molecule has 0 aromatic heterocycles. The highest BCUT2D eigenvalue weighted by molar-refractivity contribution is 8.42. The molecule has 26 heavy (non-hydrogen) atoms. The molecule has 9 nitrogen and oxygen atoms in total. The highest BCUT2D eigenvalue weighted by Crippen LogP contribution is 2.32. The average molecular weight is 394 g/mol. The Bertz CT molecular complexity index is 1010. The first-order valence-corrected chi connectivity index (χ1v) is 9.87. The van der Waals surface area contributed by atoms with Crippen molar-refractivity contribution in [2.45, 2.75) is 0 Å². The fourth-order valence-corrected chi connectivity index (χ4v) is 3.92. The summed E-state index contributed by atoms with van der Waals surface area (Å²) in [5.41, 5.74) is 0.577. The molecule has 11 heteroatoms. The SMILES string of the molecule is COc1ccc(/C=C2\C(=N)N3N=C(S(C)(=O)=O)SC3=NC2=O)cc1OC. The van der Waals surface area contributed by atoms with E-state index in [0.29, 0.717) is 17.1 Å². The van der Waals surface area contributed by atoms with Gasteiger partial charge in [0, 0.05) is 6.26 Å². The lowest BCUT2D eigenvalue weighted by Crippen LogP contribution is -2.35. The van der Waals surface area contributed by atoms with E-state index < -0.39 is 15.7 Å². The zero-order chi connectivity index (χ0) is 19.1. The number of carbonyl (C=O) groups excluding carboxylic acids is 1. The van der Waals surface area contributed by atoms with E-state index in [2.05, 4.69) is 10.1 Å². The van der Waals surface area contributed by atoms with E-state index >= 15 is 0 Å². The Morgan fingerprint density at radius 2 is 1.92 bits per heavy atom.